The molecule has 1 aromatic rings. The lowest BCUT2D eigenvalue weighted by atomic mass is 10.3. The van der Waals surface area contributed by atoms with Crippen LogP contribution in [0.2, 0.25) is 0 Å². The fourth-order valence-corrected chi connectivity index (χ4v) is 1.19. The van der Waals surface area contributed by atoms with E-state index in [1.54, 1.807) is 5.48 Å². The average Bonchev–Trinajstić information content (AvgIpc) is 2.14. The van der Waals surface area contributed by atoms with Gasteiger partial charge >= 0.3 is 6.18 Å². The van der Waals surface area contributed by atoms with Gasteiger partial charge in [-0.25, -0.2) is 4.98 Å². The van der Waals surface area contributed by atoms with Crippen molar-refractivity contribution in [2.24, 2.45) is 0 Å². The lowest BCUT2D eigenvalue weighted by molar-refractivity contribution is -0.115. The first-order valence-electron chi connectivity index (χ1n) is 3.78. The molecule has 1 heterocycles. The molecule has 0 aliphatic heterocycles. The Bertz CT molecular complexity index is 345. The minimum atomic E-state index is -4.32. The molecule has 0 aliphatic rings. The van der Waals surface area contributed by atoms with Gasteiger partial charge in [0.05, 0.1) is 11.9 Å². The maximum atomic E-state index is 11.9. The molecule has 0 aromatic carbocycles. The molecule has 0 fully saturated rings. The van der Waals surface area contributed by atoms with Crippen LogP contribution in [0.3, 0.4) is 0 Å². The van der Waals surface area contributed by atoms with E-state index in [-0.39, 0.29) is 11.4 Å². The van der Waals surface area contributed by atoms with Crippen molar-refractivity contribution in [3.8, 4) is 0 Å². The van der Waals surface area contributed by atoms with Gasteiger partial charge in [-0.05, 0) is 22.0 Å². The molecule has 8 heteroatoms. The Balaban J connectivity index is 2.79. The lowest BCUT2D eigenvalue weighted by Gasteiger charge is -2.12. The highest BCUT2D eigenvalue weighted by atomic mass is 79.9. The van der Waals surface area contributed by atoms with Crippen LogP contribution >= 0.6 is 15.9 Å². The van der Waals surface area contributed by atoms with Crippen LogP contribution in [0.5, 0.6) is 0 Å². The first-order valence-corrected chi connectivity index (χ1v) is 4.58. The number of rotatable bonds is 3. The highest BCUT2D eigenvalue weighted by Gasteiger charge is 2.27. The summed E-state index contributed by atoms with van der Waals surface area (Å²) in [5.74, 6) is 0. The number of nitrogens with zero attached hydrogens (tertiary/aromatic N) is 1. The third-order valence-corrected chi connectivity index (χ3v) is 1.90. The summed E-state index contributed by atoms with van der Waals surface area (Å²) in [6.45, 7) is -1.18. The van der Waals surface area contributed by atoms with E-state index < -0.39 is 12.7 Å². The summed E-state index contributed by atoms with van der Waals surface area (Å²) >= 11 is 3.00. The summed E-state index contributed by atoms with van der Waals surface area (Å²) < 4.78 is 36.1. The van der Waals surface area contributed by atoms with Gasteiger partial charge in [0.1, 0.15) is 16.8 Å². The number of aromatic nitrogens is 1. The molecule has 0 aliphatic carbocycles. The van der Waals surface area contributed by atoms with Crippen LogP contribution < -0.4 is 10.8 Å². The van der Waals surface area contributed by atoms with E-state index in [2.05, 4.69) is 26.2 Å². The molecular weight excluding hydrogens is 279 g/mol. The van der Waals surface area contributed by atoms with E-state index >= 15 is 0 Å². The Kier molecular flexibility index (Phi) is 3.75. The van der Waals surface area contributed by atoms with Gasteiger partial charge in [0.25, 0.3) is 0 Å². The Morgan fingerprint density at radius 3 is 2.60 bits per heavy atom. The van der Waals surface area contributed by atoms with Crippen molar-refractivity contribution >= 4 is 27.3 Å². The van der Waals surface area contributed by atoms with Crippen LogP contribution in [0, 0.1) is 0 Å². The van der Waals surface area contributed by atoms with Gasteiger partial charge in [0.15, 0.2) is 0 Å². The van der Waals surface area contributed by atoms with Crippen molar-refractivity contribution in [2.45, 2.75) is 6.18 Å². The molecule has 0 saturated carbocycles. The Morgan fingerprint density at radius 2 is 2.07 bits per heavy atom. The quantitative estimate of drug-likeness (QED) is 0.590. The van der Waals surface area contributed by atoms with Gasteiger partial charge < -0.3 is 5.32 Å². The summed E-state index contributed by atoms with van der Waals surface area (Å²) in [6, 6.07) is 1.32. The van der Waals surface area contributed by atoms with E-state index in [4.69, 9.17) is 5.21 Å². The molecule has 0 unspecified atom stereocenters. The fraction of sp³-hybridized carbons (Fsp3) is 0.286. The maximum Gasteiger partial charge on any atom is 0.405 e. The van der Waals surface area contributed by atoms with Crippen LogP contribution in [0.15, 0.2) is 16.9 Å². The summed E-state index contributed by atoms with van der Waals surface area (Å²) in [7, 11) is 0. The van der Waals surface area contributed by atoms with Crippen molar-refractivity contribution in [3.63, 3.8) is 0 Å². The second kappa shape index (κ2) is 4.67. The number of alkyl halides is 3. The normalized spacial score (nSPS) is 11.3. The largest absolute Gasteiger partial charge is 0.405 e. The standard InChI is InChI=1S/C7H7BrF3N3O/c8-6-1-4(5(14-15)2-12-6)13-3-7(9,10)11/h1-2,14-15H,3H2,(H,12,13). The van der Waals surface area contributed by atoms with Crippen molar-refractivity contribution in [1.82, 2.24) is 4.98 Å². The summed E-state index contributed by atoms with van der Waals surface area (Å²) in [5.41, 5.74) is 1.93. The zero-order valence-corrected chi connectivity index (χ0v) is 8.85. The SMILES string of the molecule is ONc1cnc(Br)cc1NCC(F)(F)F. The number of hydrogen-bond donors (Lipinski definition) is 3. The molecular formula is C7H7BrF3N3O. The van der Waals surface area contributed by atoms with Crippen LogP contribution in [0.25, 0.3) is 0 Å². The van der Waals surface area contributed by atoms with Crippen molar-refractivity contribution in [3.05, 3.63) is 16.9 Å². The van der Waals surface area contributed by atoms with Gasteiger partial charge in [-0.15, -0.1) is 0 Å². The molecule has 3 N–H and O–H groups in total. The number of halogens is 4. The second-order valence-corrected chi connectivity index (χ2v) is 3.45. The molecule has 1 aromatic heterocycles. The molecule has 1 rings (SSSR count). The Labute approximate surface area is 91.6 Å². The number of hydrogen-bond acceptors (Lipinski definition) is 4. The molecule has 0 amide bonds. The zero-order valence-electron chi connectivity index (χ0n) is 7.27. The molecule has 4 nitrogen and oxygen atoms in total. The Hall–Kier alpha value is -1.02. The van der Waals surface area contributed by atoms with E-state index in [1.807, 2.05) is 0 Å². The minimum absolute atomic E-state index is 0.0717. The number of pyridine rings is 1. The summed E-state index contributed by atoms with van der Waals surface area (Å²) in [6.07, 6.45) is -3.12. The van der Waals surface area contributed by atoms with E-state index in [9.17, 15) is 13.2 Å². The van der Waals surface area contributed by atoms with Crippen LogP contribution in [0.1, 0.15) is 0 Å². The molecule has 0 bridgehead atoms. The first kappa shape index (κ1) is 12.1. The highest BCUT2D eigenvalue weighted by molar-refractivity contribution is 9.10. The predicted molar refractivity (Wildman–Crippen MR) is 51.9 cm³/mol. The molecule has 0 saturated heterocycles. The summed E-state index contributed by atoms with van der Waals surface area (Å²) in [4.78, 5) is 3.73. The highest BCUT2D eigenvalue weighted by Crippen LogP contribution is 2.25. The fourth-order valence-electron chi connectivity index (χ4n) is 0.861. The average molecular weight is 286 g/mol. The van der Waals surface area contributed by atoms with Crippen molar-refractivity contribution in [2.75, 3.05) is 17.3 Å². The van der Waals surface area contributed by atoms with E-state index in [0.717, 1.165) is 0 Å². The molecule has 15 heavy (non-hydrogen) atoms. The van der Waals surface area contributed by atoms with Gasteiger partial charge in [-0.1, -0.05) is 0 Å². The minimum Gasteiger partial charge on any atom is -0.375 e. The van der Waals surface area contributed by atoms with E-state index in [1.165, 1.54) is 12.3 Å². The van der Waals surface area contributed by atoms with Crippen LogP contribution in [0.4, 0.5) is 24.5 Å². The third kappa shape index (κ3) is 3.92. The Morgan fingerprint density at radius 1 is 1.40 bits per heavy atom. The second-order valence-electron chi connectivity index (χ2n) is 2.63. The molecule has 0 atom stereocenters. The zero-order chi connectivity index (χ0) is 11.5. The predicted octanol–water partition coefficient (Wildman–Crippen LogP) is 2.62. The maximum absolute atomic E-state index is 11.9. The molecule has 84 valence electrons. The van der Waals surface area contributed by atoms with Crippen LogP contribution in [-0.4, -0.2) is 22.9 Å². The monoisotopic (exact) mass is 285 g/mol. The third-order valence-electron chi connectivity index (χ3n) is 1.47. The van der Waals surface area contributed by atoms with E-state index in [0.29, 0.717) is 4.60 Å². The van der Waals surface area contributed by atoms with Gasteiger partial charge in [-0.3, -0.25) is 10.7 Å². The smallest absolute Gasteiger partial charge is 0.375 e. The first-order chi connectivity index (χ1) is 6.92. The molecule has 0 radical (unpaired) electrons. The number of anilines is 2. The van der Waals surface area contributed by atoms with Crippen molar-refractivity contribution in [1.29, 1.82) is 0 Å². The topological polar surface area (TPSA) is 57.2 Å². The van der Waals surface area contributed by atoms with Crippen molar-refractivity contribution < 1.29 is 18.4 Å². The number of nitrogens with one attached hydrogen (secondary N) is 2. The van der Waals surface area contributed by atoms with Gasteiger partial charge in [0, 0.05) is 0 Å². The molecule has 0 spiro atoms. The summed E-state index contributed by atoms with van der Waals surface area (Å²) in [5, 5.41) is 10.7. The van der Waals surface area contributed by atoms with Gasteiger partial charge in [0.2, 0.25) is 0 Å². The van der Waals surface area contributed by atoms with Gasteiger partial charge in [-0.2, -0.15) is 13.2 Å². The lowest BCUT2D eigenvalue weighted by Crippen LogP contribution is -2.21. The van der Waals surface area contributed by atoms with Crippen LogP contribution in [-0.2, 0) is 0 Å².